The molecular weight excluding hydrogens is 396 g/mol. The first-order valence-corrected chi connectivity index (χ1v) is 10.3. The number of rotatable bonds is 8. The van der Waals surface area contributed by atoms with Gasteiger partial charge in [0.25, 0.3) is 0 Å². The molecule has 8 heteroatoms. The molecule has 1 N–H and O–H groups in total. The molecule has 2 aromatic rings. The number of carbonyl (C=O) groups is 2. The zero-order valence-corrected chi connectivity index (χ0v) is 18.6. The van der Waals surface area contributed by atoms with Gasteiger partial charge in [0.15, 0.2) is 0 Å². The summed E-state index contributed by atoms with van der Waals surface area (Å²) in [7, 11) is 5.00. The molecular formula is C23H30N4O4. The van der Waals surface area contributed by atoms with Crippen LogP contribution in [0.1, 0.15) is 30.0 Å². The number of benzene rings is 1. The summed E-state index contributed by atoms with van der Waals surface area (Å²) in [6.45, 7) is 2.88. The molecule has 2 heterocycles. The number of carbonyl (C=O) groups excluding carboxylic acids is 2. The summed E-state index contributed by atoms with van der Waals surface area (Å²) in [6, 6.07) is 9.30. The van der Waals surface area contributed by atoms with Gasteiger partial charge in [-0.05, 0) is 56.6 Å². The van der Waals surface area contributed by atoms with Crippen LogP contribution in [0.4, 0.5) is 5.82 Å². The Morgan fingerprint density at radius 3 is 2.71 bits per heavy atom. The number of ether oxygens (including phenoxy) is 2. The molecule has 1 fully saturated rings. The Hall–Kier alpha value is -3.13. The predicted molar refractivity (Wildman–Crippen MR) is 118 cm³/mol. The zero-order valence-electron chi connectivity index (χ0n) is 18.6. The summed E-state index contributed by atoms with van der Waals surface area (Å²) in [5, 5.41) is 2.77. The van der Waals surface area contributed by atoms with Crippen molar-refractivity contribution in [3.8, 4) is 11.5 Å². The molecule has 1 aromatic carbocycles. The van der Waals surface area contributed by atoms with Crippen LogP contribution in [0.15, 0.2) is 36.5 Å². The zero-order chi connectivity index (χ0) is 22.4. The molecule has 1 aliphatic heterocycles. The summed E-state index contributed by atoms with van der Waals surface area (Å²) in [5.41, 5.74) is 1.99. The number of methoxy groups -OCH3 is 2. The molecule has 1 aromatic heterocycles. The Balaban J connectivity index is 1.60. The number of amides is 2. The van der Waals surface area contributed by atoms with E-state index in [0.29, 0.717) is 23.9 Å². The molecule has 3 rings (SSSR count). The van der Waals surface area contributed by atoms with E-state index in [0.717, 1.165) is 24.0 Å². The molecule has 2 amide bonds. The second-order valence-electron chi connectivity index (χ2n) is 7.79. The fraction of sp³-hybridized carbons (Fsp3) is 0.435. The summed E-state index contributed by atoms with van der Waals surface area (Å²) in [5.74, 6) is 1.72. The van der Waals surface area contributed by atoms with Crippen molar-refractivity contribution in [3.05, 3.63) is 47.7 Å². The third-order valence-electron chi connectivity index (χ3n) is 5.37. The largest absolute Gasteiger partial charge is 0.497 e. The lowest BCUT2D eigenvalue weighted by molar-refractivity contribution is -0.133. The van der Waals surface area contributed by atoms with Gasteiger partial charge in [-0.25, -0.2) is 4.98 Å². The molecule has 0 spiro atoms. The van der Waals surface area contributed by atoms with Crippen molar-refractivity contribution < 1.29 is 19.1 Å². The van der Waals surface area contributed by atoms with Gasteiger partial charge >= 0.3 is 0 Å². The highest BCUT2D eigenvalue weighted by Crippen LogP contribution is 2.38. The van der Waals surface area contributed by atoms with Crippen LogP contribution in [0.25, 0.3) is 0 Å². The van der Waals surface area contributed by atoms with Crippen molar-refractivity contribution in [2.45, 2.75) is 25.8 Å². The summed E-state index contributed by atoms with van der Waals surface area (Å²) >= 11 is 0. The highest BCUT2D eigenvalue weighted by atomic mass is 16.5. The van der Waals surface area contributed by atoms with Crippen molar-refractivity contribution in [1.29, 1.82) is 0 Å². The first-order chi connectivity index (χ1) is 14.9. The molecule has 0 aliphatic carbocycles. The van der Waals surface area contributed by atoms with E-state index in [1.807, 2.05) is 36.1 Å². The molecule has 1 aliphatic rings. The number of nitrogens with zero attached hydrogens (tertiary/aromatic N) is 3. The number of nitrogens with one attached hydrogen (secondary N) is 1. The van der Waals surface area contributed by atoms with E-state index in [4.69, 9.17) is 9.47 Å². The smallest absolute Gasteiger partial charge is 0.239 e. The summed E-state index contributed by atoms with van der Waals surface area (Å²) in [4.78, 5) is 33.1. The number of hydrogen-bond donors (Lipinski definition) is 1. The molecule has 0 saturated carbocycles. The van der Waals surface area contributed by atoms with Crippen LogP contribution in [0.2, 0.25) is 0 Å². The van der Waals surface area contributed by atoms with Gasteiger partial charge in [0.1, 0.15) is 17.3 Å². The maximum atomic E-state index is 13.0. The normalized spacial score (nSPS) is 15.8. The molecule has 31 heavy (non-hydrogen) atoms. The molecule has 0 radical (unpaired) electrons. The lowest BCUT2D eigenvalue weighted by atomic mass is 10.0. The van der Waals surface area contributed by atoms with Gasteiger partial charge in [0, 0.05) is 24.4 Å². The summed E-state index contributed by atoms with van der Waals surface area (Å²) < 4.78 is 10.8. The third kappa shape index (κ3) is 5.73. The predicted octanol–water partition coefficient (Wildman–Crippen LogP) is 2.64. The van der Waals surface area contributed by atoms with Gasteiger partial charge in [0.05, 0.1) is 33.4 Å². The van der Waals surface area contributed by atoms with Gasteiger partial charge in [-0.2, -0.15) is 0 Å². The first kappa shape index (κ1) is 22.6. The van der Waals surface area contributed by atoms with Crippen LogP contribution in [-0.4, -0.2) is 67.5 Å². The van der Waals surface area contributed by atoms with E-state index >= 15 is 0 Å². The molecule has 1 saturated heterocycles. The Morgan fingerprint density at radius 1 is 1.19 bits per heavy atom. The van der Waals surface area contributed by atoms with Crippen LogP contribution in [0.5, 0.6) is 11.5 Å². The number of anilines is 1. The maximum absolute atomic E-state index is 13.0. The fourth-order valence-corrected chi connectivity index (χ4v) is 3.89. The van der Waals surface area contributed by atoms with Crippen LogP contribution in [0, 0.1) is 6.92 Å². The van der Waals surface area contributed by atoms with Crippen molar-refractivity contribution in [3.63, 3.8) is 0 Å². The van der Waals surface area contributed by atoms with E-state index < -0.39 is 0 Å². The fourth-order valence-electron chi connectivity index (χ4n) is 3.89. The monoisotopic (exact) mass is 426 g/mol. The van der Waals surface area contributed by atoms with Gasteiger partial charge in [-0.3, -0.25) is 14.5 Å². The van der Waals surface area contributed by atoms with E-state index in [1.165, 1.54) is 0 Å². The topological polar surface area (TPSA) is 84.0 Å². The second kappa shape index (κ2) is 10.3. The van der Waals surface area contributed by atoms with E-state index in [-0.39, 0.29) is 30.9 Å². The highest BCUT2D eigenvalue weighted by molar-refractivity contribution is 5.91. The molecule has 166 valence electrons. The quantitative estimate of drug-likeness (QED) is 0.699. The lowest BCUT2D eigenvalue weighted by Crippen LogP contribution is -2.41. The Labute approximate surface area is 183 Å². The minimum atomic E-state index is -0.205. The van der Waals surface area contributed by atoms with Crippen LogP contribution >= 0.6 is 0 Å². The molecule has 1 atom stereocenters. The van der Waals surface area contributed by atoms with Crippen LogP contribution in [0.3, 0.4) is 0 Å². The second-order valence-corrected chi connectivity index (χ2v) is 7.79. The van der Waals surface area contributed by atoms with Crippen molar-refractivity contribution in [2.75, 3.05) is 46.2 Å². The Kier molecular flexibility index (Phi) is 7.46. The van der Waals surface area contributed by atoms with Gasteiger partial charge in [0.2, 0.25) is 11.8 Å². The minimum absolute atomic E-state index is 0.00986. The number of pyridine rings is 1. The average molecular weight is 427 g/mol. The van der Waals surface area contributed by atoms with Crippen molar-refractivity contribution >= 4 is 17.6 Å². The lowest BCUT2D eigenvalue weighted by Gasteiger charge is -2.28. The van der Waals surface area contributed by atoms with Crippen molar-refractivity contribution in [1.82, 2.24) is 14.8 Å². The Bertz CT molecular complexity index is 934. The number of aryl methyl sites for hydroxylation is 1. The van der Waals surface area contributed by atoms with E-state index in [9.17, 15) is 9.59 Å². The third-order valence-corrected chi connectivity index (χ3v) is 5.37. The van der Waals surface area contributed by atoms with E-state index in [1.54, 1.807) is 38.4 Å². The number of hydrogen-bond acceptors (Lipinski definition) is 6. The molecule has 8 nitrogen and oxygen atoms in total. The summed E-state index contributed by atoms with van der Waals surface area (Å²) in [6.07, 6.45) is 3.45. The minimum Gasteiger partial charge on any atom is -0.497 e. The van der Waals surface area contributed by atoms with Gasteiger partial charge < -0.3 is 19.7 Å². The van der Waals surface area contributed by atoms with Crippen molar-refractivity contribution in [2.24, 2.45) is 0 Å². The van der Waals surface area contributed by atoms with Gasteiger partial charge in [-0.15, -0.1) is 0 Å². The highest BCUT2D eigenvalue weighted by Gasteiger charge is 2.32. The molecule has 1 unspecified atom stereocenters. The van der Waals surface area contributed by atoms with Crippen LogP contribution in [-0.2, 0) is 9.59 Å². The number of likely N-dealkylation sites (N-methyl/N-ethyl adjacent to an activating group) is 1. The standard InChI is InChI=1S/C23H30N4O4/c1-16-9-10-24-21(12-16)25-22(28)14-26(2)15-23(29)27-11-5-6-19(27)18-8-7-17(30-3)13-20(18)31-4/h7-10,12-13,19H,5-6,11,14-15H2,1-4H3,(H,24,25,28). The SMILES string of the molecule is COc1ccc(C2CCCN2C(=O)CN(C)CC(=O)Nc2cc(C)ccn2)c(OC)c1. The van der Waals surface area contributed by atoms with Gasteiger partial charge in [-0.1, -0.05) is 0 Å². The van der Waals surface area contributed by atoms with Crippen LogP contribution < -0.4 is 14.8 Å². The number of aromatic nitrogens is 1. The molecule has 0 bridgehead atoms. The first-order valence-electron chi connectivity index (χ1n) is 10.3. The van der Waals surface area contributed by atoms with E-state index in [2.05, 4.69) is 10.3 Å². The number of likely N-dealkylation sites (tertiary alicyclic amines) is 1. The maximum Gasteiger partial charge on any atom is 0.239 e. The Morgan fingerprint density at radius 2 is 2.00 bits per heavy atom. The average Bonchev–Trinajstić information content (AvgIpc) is 3.22.